The van der Waals surface area contributed by atoms with E-state index in [4.69, 9.17) is 12.2 Å². The second kappa shape index (κ2) is 9.14. The van der Waals surface area contributed by atoms with Crippen molar-refractivity contribution in [1.29, 1.82) is 0 Å². The maximum atomic E-state index is 12.8. The Hall–Kier alpha value is -2.53. The van der Waals surface area contributed by atoms with Crippen molar-refractivity contribution in [2.45, 2.75) is 31.2 Å². The summed E-state index contributed by atoms with van der Waals surface area (Å²) in [7, 11) is -3.67. The van der Waals surface area contributed by atoms with E-state index in [1.165, 1.54) is 33.8 Å². The van der Waals surface area contributed by atoms with Gasteiger partial charge in [0.15, 0.2) is 3.95 Å². The lowest BCUT2D eigenvalue weighted by Crippen LogP contribution is -2.28. The topological polar surface area (TPSA) is 91.6 Å². The molecule has 32 heavy (non-hydrogen) atoms. The number of hydrogen-bond acceptors (Lipinski definition) is 6. The van der Waals surface area contributed by atoms with Crippen molar-refractivity contribution in [3.05, 3.63) is 57.4 Å². The standard InChI is InChI=1S/C22H23N3O4S3/c1-15-4-6-16(7-5-15)19-14-31-22(30)25(19)13-21(27)23-18-12-17(8-9-20(18)26)32(28,29)24-10-2-3-11-24/h4-9,12,14,26H,2-3,10-11,13H2,1H3,(H,23,27). The first-order valence-corrected chi connectivity index (χ1v) is 12.9. The fourth-order valence-corrected chi connectivity index (χ4v) is 6.23. The van der Waals surface area contributed by atoms with E-state index < -0.39 is 15.9 Å². The number of sulfonamides is 1. The molecule has 0 atom stereocenters. The molecular formula is C22H23N3O4S3. The van der Waals surface area contributed by atoms with Crippen molar-refractivity contribution < 1.29 is 18.3 Å². The van der Waals surface area contributed by atoms with Crippen LogP contribution in [0.2, 0.25) is 0 Å². The Balaban J connectivity index is 1.56. The van der Waals surface area contributed by atoms with Gasteiger partial charge < -0.3 is 15.0 Å². The van der Waals surface area contributed by atoms with Crippen LogP contribution < -0.4 is 5.32 Å². The zero-order chi connectivity index (χ0) is 22.9. The molecule has 7 nitrogen and oxygen atoms in total. The van der Waals surface area contributed by atoms with E-state index in [0.717, 1.165) is 29.7 Å². The molecule has 2 aromatic carbocycles. The first-order chi connectivity index (χ1) is 15.3. The lowest BCUT2D eigenvalue weighted by Gasteiger charge is -2.17. The molecular weight excluding hydrogens is 466 g/mol. The molecule has 0 spiro atoms. The highest BCUT2D eigenvalue weighted by Crippen LogP contribution is 2.30. The van der Waals surface area contributed by atoms with Gasteiger partial charge in [0.05, 0.1) is 16.3 Å². The molecule has 1 saturated heterocycles. The molecule has 1 fully saturated rings. The monoisotopic (exact) mass is 489 g/mol. The fourth-order valence-electron chi connectivity index (χ4n) is 3.62. The molecule has 3 aromatic rings. The number of thiazole rings is 1. The Morgan fingerprint density at radius 3 is 2.53 bits per heavy atom. The molecule has 168 valence electrons. The average molecular weight is 490 g/mol. The third-order valence-corrected chi connectivity index (χ3v) is 8.54. The van der Waals surface area contributed by atoms with Crippen LogP contribution in [-0.4, -0.2) is 41.4 Å². The van der Waals surface area contributed by atoms with Gasteiger partial charge in [0.1, 0.15) is 12.3 Å². The Labute approximate surface area is 196 Å². The molecule has 0 bridgehead atoms. The van der Waals surface area contributed by atoms with Crippen molar-refractivity contribution in [2.24, 2.45) is 0 Å². The van der Waals surface area contributed by atoms with Gasteiger partial charge in [0.25, 0.3) is 0 Å². The van der Waals surface area contributed by atoms with Gasteiger partial charge in [0.2, 0.25) is 15.9 Å². The lowest BCUT2D eigenvalue weighted by atomic mass is 10.1. The van der Waals surface area contributed by atoms with E-state index in [-0.39, 0.29) is 22.9 Å². The third kappa shape index (κ3) is 4.63. The quantitative estimate of drug-likeness (QED) is 0.396. The summed E-state index contributed by atoms with van der Waals surface area (Å²) in [5.74, 6) is -0.620. The van der Waals surface area contributed by atoms with Crippen molar-refractivity contribution in [3.63, 3.8) is 0 Å². The smallest absolute Gasteiger partial charge is 0.244 e. The number of phenols is 1. The minimum absolute atomic E-state index is 0.0417. The molecule has 2 N–H and O–H groups in total. The number of hydrogen-bond donors (Lipinski definition) is 2. The van der Waals surface area contributed by atoms with Gasteiger partial charge in [-0.1, -0.05) is 29.8 Å². The normalized spacial score (nSPS) is 14.5. The molecule has 4 rings (SSSR count). The van der Waals surface area contributed by atoms with Gasteiger partial charge in [-0.15, -0.1) is 11.3 Å². The van der Waals surface area contributed by atoms with E-state index in [1.807, 2.05) is 36.6 Å². The van der Waals surface area contributed by atoms with Gasteiger partial charge in [-0.05, 0) is 55.7 Å². The summed E-state index contributed by atoms with van der Waals surface area (Å²) in [4.78, 5) is 12.8. The number of carbonyl (C=O) groups excluding carboxylic acids is 1. The third-order valence-electron chi connectivity index (χ3n) is 5.38. The van der Waals surface area contributed by atoms with Crippen molar-refractivity contribution in [1.82, 2.24) is 8.87 Å². The van der Waals surface area contributed by atoms with Crippen LogP contribution in [0.5, 0.6) is 5.75 Å². The van der Waals surface area contributed by atoms with Gasteiger partial charge in [-0.2, -0.15) is 4.31 Å². The Morgan fingerprint density at radius 2 is 1.84 bits per heavy atom. The summed E-state index contributed by atoms with van der Waals surface area (Å²) in [5, 5.41) is 14.7. The van der Waals surface area contributed by atoms with Crippen LogP contribution in [-0.2, 0) is 21.4 Å². The number of aromatic nitrogens is 1. The largest absolute Gasteiger partial charge is 0.506 e. The average Bonchev–Trinajstić information content (AvgIpc) is 3.42. The molecule has 0 unspecified atom stereocenters. The van der Waals surface area contributed by atoms with Crippen LogP contribution in [0.3, 0.4) is 0 Å². The van der Waals surface area contributed by atoms with Gasteiger partial charge in [0, 0.05) is 18.5 Å². The van der Waals surface area contributed by atoms with Crippen molar-refractivity contribution in [3.8, 4) is 17.0 Å². The second-order valence-electron chi connectivity index (χ2n) is 7.68. The number of amides is 1. The Bertz CT molecular complexity index is 1300. The zero-order valence-electron chi connectivity index (χ0n) is 17.4. The number of aryl methyl sites for hydroxylation is 1. The highest BCUT2D eigenvalue weighted by Gasteiger charge is 2.28. The maximum absolute atomic E-state index is 12.8. The number of nitrogens with zero attached hydrogens (tertiary/aromatic N) is 2. The summed E-state index contributed by atoms with van der Waals surface area (Å²) < 4.78 is 29.3. The number of phenolic OH excluding ortho intramolecular Hbond substituents is 1. The first kappa shape index (κ1) is 22.7. The SMILES string of the molecule is Cc1ccc(-c2csc(=S)n2CC(=O)Nc2cc(S(=O)(=O)N3CCCC3)ccc2O)cc1. The molecule has 0 aliphatic carbocycles. The van der Waals surface area contributed by atoms with E-state index >= 15 is 0 Å². The van der Waals surface area contributed by atoms with Crippen LogP contribution in [0.15, 0.2) is 52.7 Å². The number of nitrogens with one attached hydrogen (secondary N) is 1. The summed E-state index contributed by atoms with van der Waals surface area (Å²) in [5.41, 5.74) is 2.95. The summed E-state index contributed by atoms with van der Waals surface area (Å²) >= 11 is 6.77. The van der Waals surface area contributed by atoms with E-state index in [2.05, 4.69) is 5.32 Å². The fraction of sp³-hybridized carbons (Fsp3) is 0.273. The molecule has 2 heterocycles. The van der Waals surface area contributed by atoms with Gasteiger partial charge in [-0.25, -0.2) is 8.42 Å². The molecule has 1 aliphatic heterocycles. The first-order valence-electron chi connectivity index (χ1n) is 10.1. The molecule has 10 heteroatoms. The molecule has 1 aliphatic rings. The van der Waals surface area contributed by atoms with Crippen LogP contribution in [0, 0.1) is 10.9 Å². The van der Waals surface area contributed by atoms with Gasteiger partial charge >= 0.3 is 0 Å². The Kier molecular flexibility index (Phi) is 6.47. The highest BCUT2D eigenvalue weighted by molar-refractivity contribution is 7.89. The van der Waals surface area contributed by atoms with Crippen LogP contribution in [0.1, 0.15) is 18.4 Å². The van der Waals surface area contributed by atoms with Crippen molar-refractivity contribution in [2.75, 3.05) is 18.4 Å². The van der Waals surface area contributed by atoms with Crippen LogP contribution in [0.4, 0.5) is 5.69 Å². The Morgan fingerprint density at radius 1 is 1.16 bits per heavy atom. The molecule has 0 saturated carbocycles. The van der Waals surface area contributed by atoms with Gasteiger partial charge in [-0.3, -0.25) is 4.79 Å². The second-order valence-corrected chi connectivity index (χ2v) is 11.1. The summed E-state index contributed by atoms with van der Waals surface area (Å²) in [6.45, 7) is 2.89. The predicted molar refractivity (Wildman–Crippen MR) is 128 cm³/mol. The van der Waals surface area contributed by atoms with E-state index in [1.54, 1.807) is 4.57 Å². The number of rotatable bonds is 6. The number of aromatic hydroxyl groups is 1. The van der Waals surface area contributed by atoms with Crippen LogP contribution >= 0.6 is 23.6 Å². The molecule has 1 aromatic heterocycles. The number of anilines is 1. The summed E-state index contributed by atoms with van der Waals surface area (Å²) in [6, 6.07) is 11.9. The highest BCUT2D eigenvalue weighted by atomic mass is 32.2. The predicted octanol–water partition coefficient (Wildman–Crippen LogP) is 4.38. The maximum Gasteiger partial charge on any atom is 0.244 e. The zero-order valence-corrected chi connectivity index (χ0v) is 19.9. The minimum atomic E-state index is -3.67. The number of carbonyl (C=O) groups is 1. The molecule has 0 radical (unpaired) electrons. The molecule has 1 amide bonds. The van der Waals surface area contributed by atoms with E-state index in [0.29, 0.717) is 17.0 Å². The minimum Gasteiger partial charge on any atom is -0.506 e. The van der Waals surface area contributed by atoms with Crippen molar-refractivity contribution >= 4 is 45.2 Å². The summed E-state index contributed by atoms with van der Waals surface area (Å²) in [6.07, 6.45) is 1.65. The van der Waals surface area contributed by atoms with E-state index in [9.17, 15) is 18.3 Å². The van der Waals surface area contributed by atoms with Crippen LogP contribution in [0.25, 0.3) is 11.3 Å². The number of benzene rings is 2. The lowest BCUT2D eigenvalue weighted by molar-refractivity contribution is -0.116.